The zero-order valence-electron chi connectivity index (χ0n) is 12.7. The van der Waals surface area contributed by atoms with Gasteiger partial charge in [-0.05, 0) is 18.1 Å². The average molecular weight is 268 g/mol. The SMILES string of the molecule is CC(C)c1nc2nc(C(C)(C)C)ncc2n2cccc12. The first-order valence-electron chi connectivity index (χ1n) is 7.02. The summed E-state index contributed by atoms with van der Waals surface area (Å²) in [7, 11) is 0. The van der Waals surface area contributed by atoms with E-state index in [1.807, 2.05) is 18.5 Å². The lowest BCUT2D eigenvalue weighted by Crippen LogP contribution is -2.16. The van der Waals surface area contributed by atoms with Crippen LogP contribution in [0.25, 0.3) is 16.7 Å². The van der Waals surface area contributed by atoms with Crippen LogP contribution in [-0.2, 0) is 5.41 Å². The highest BCUT2D eigenvalue weighted by atomic mass is 15.0. The fraction of sp³-hybridized carbons (Fsp3) is 0.438. The molecule has 4 nitrogen and oxygen atoms in total. The Labute approximate surface area is 118 Å². The quantitative estimate of drug-likeness (QED) is 0.676. The average Bonchev–Trinajstić information content (AvgIpc) is 2.84. The summed E-state index contributed by atoms with van der Waals surface area (Å²) in [6, 6.07) is 4.14. The van der Waals surface area contributed by atoms with Crippen molar-refractivity contribution in [1.82, 2.24) is 19.4 Å². The molecule has 0 aliphatic carbocycles. The Morgan fingerprint density at radius 1 is 1.10 bits per heavy atom. The molecule has 0 saturated carbocycles. The maximum Gasteiger partial charge on any atom is 0.180 e. The van der Waals surface area contributed by atoms with Crippen molar-refractivity contribution in [2.45, 2.75) is 46.0 Å². The third-order valence-corrected chi connectivity index (χ3v) is 3.46. The minimum absolute atomic E-state index is 0.0699. The van der Waals surface area contributed by atoms with Crippen LogP contribution >= 0.6 is 0 Å². The van der Waals surface area contributed by atoms with E-state index in [2.05, 4.69) is 55.1 Å². The van der Waals surface area contributed by atoms with Gasteiger partial charge in [-0.25, -0.2) is 15.0 Å². The Balaban J connectivity index is 2.38. The Morgan fingerprint density at radius 2 is 1.85 bits per heavy atom. The minimum atomic E-state index is -0.0699. The van der Waals surface area contributed by atoms with Gasteiger partial charge in [0.2, 0.25) is 0 Å². The monoisotopic (exact) mass is 268 g/mol. The predicted octanol–water partition coefficient (Wildman–Crippen LogP) is 3.70. The zero-order valence-corrected chi connectivity index (χ0v) is 12.7. The molecule has 0 unspecified atom stereocenters. The summed E-state index contributed by atoms with van der Waals surface area (Å²) in [5, 5.41) is 0. The normalized spacial score (nSPS) is 12.7. The fourth-order valence-electron chi connectivity index (χ4n) is 2.38. The number of aromatic nitrogens is 4. The summed E-state index contributed by atoms with van der Waals surface area (Å²) in [5.74, 6) is 1.20. The summed E-state index contributed by atoms with van der Waals surface area (Å²) in [6.07, 6.45) is 3.93. The van der Waals surface area contributed by atoms with Crippen molar-refractivity contribution in [3.8, 4) is 0 Å². The van der Waals surface area contributed by atoms with Gasteiger partial charge in [0.1, 0.15) is 11.3 Å². The van der Waals surface area contributed by atoms with Gasteiger partial charge in [-0.2, -0.15) is 0 Å². The van der Waals surface area contributed by atoms with Crippen LogP contribution < -0.4 is 0 Å². The van der Waals surface area contributed by atoms with Gasteiger partial charge >= 0.3 is 0 Å². The maximum atomic E-state index is 4.78. The van der Waals surface area contributed by atoms with Crippen LogP contribution in [0.2, 0.25) is 0 Å². The van der Waals surface area contributed by atoms with E-state index in [4.69, 9.17) is 4.98 Å². The molecule has 3 rings (SSSR count). The van der Waals surface area contributed by atoms with Gasteiger partial charge in [-0.15, -0.1) is 0 Å². The Bertz CT molecular complexity index is 778. The third kappa shape index (κ3) is 1.96. The van der Waals surface area contributed by atoms with Gasteiger partial charge < -0.3 is 4.40 Å². The molecule has 0 atom stereocenters. The van der Waals surface area contributed by atoms with Gasteiger partial charge in [0.25, 0.3) is 0 Å². The molecule has 0 bridgehead atoms. The molecule has 20 heavy (non-hydrogen) atoms. The zero-order chi connectivity index (χ0) is 14.5. The van der Waals surface area contributed by atoms with Crippen LogP contribution in [0.4, 0.5) is 0 Å². The van der Waals surface area contributed by atoms with E-state index in [1.54, 1.807) is 0 Å². The van der Waals surface area contributed by atoms with Crippen molar-refractivity contribution in [1.29, 1.82) is 0 Å². The van der Waals surface area contributed by atoms with Crippen molar-refractivity contribution >= 4 is 16.7 Å². The second kappa shape index (κ2) is 4.27. The fourth-order valence-corrected chi connectivity index (χ4v) is 2.38. The molecular weight excluding hydrogens is 248 g/mol. The molecule has 4 heteroatoms. The Kier molecular flexibility index (Phi) is 2.78. The van der Waals surface area contributed by atoms with Crippen molar-refractivity contribution in [3.05, 3.63) is 36.0 Å². The maximum absolute atomic E-state index is 4.78. The summed E-state index contributed by atoms with van der Waals surface area (Å²) in [6.45, 7) is 10.7. The van der Waals surface area contributed by atoms with Crippen LogP contribution in [0.5, 0.6) is 0 Å². The Morgan fingerprint density at radius 3 is 2.50 bits per heavy atom. The summed E-state index contributed by atoms with van der Waals surface area (Å²) in [5.41, 5.74) is 3.89. The molecule has 3 heterocycles. The second-order valence-electron chi connectivity index (χ2n) is 6.57. The van der Waals surface area contributed by atoms with Gasteiger partial charge in [0, 0.05) is 11.6 Å². The van der Waals surface area contributed by atoms with E-state index in [9.17, 15) is 0 Å². The number of hydrogen-bond donors (Lipinski definition) is 0. The number of nitrogens with zero attached hydrogens (tertiary/aromatic N) is 4. The van der Waals surface area contributed by atoms with Crippen LogP contribution in [0.15, 0.2) is 24.5 Å². The van der Waals surface area contributed by atoms with Gasteiger partial charge in [0.05, 0.1) is 17.4 Å². The number of hydrogen-bond acceptors (Lipinski definition) is 3. The predicted molar refractivity (Wildman–Crippen MR) is 81.1 cm³/mol. The minimum Gasteiger partial charge on any atom is -0.311 e. The summed E-state index contributed by atoms with van der Waals surface area (Å²) in [4.78, 5) is 14.0. The molecule has 3 aromatic rings. The molecule has 0 aliphatic rings. The second-order valence-corrected chi connectivity index (χ2v) is 6.57. The highest BCUT2D eigenvalue weighted by Gasteiger charge is 2.19. The molecule has 0 amide bonds. The van der Waals surface area contributed by atoms with E-state index < -0.39 is 0 Å². The van der Waals surface area contributed by atoms with Crippen LogP contribution in [-0.4, -0.2) is 19.4 Å². The van der Waals surface area contributed by atoms with E-state index in [-0.39, 0.29) is 5.41 Å². The van der Waals surface area contributed by atoms with Crippen molar-refractivity contribution < 1.29 is 0 Å². The molecular formula is C16H20N4. The summed E-state index contributed by atoms with van der Waals surface area (Å²) >= 11 is 0. The molecule has 0 spiro atoms. The number of rotatable bonds is 1. The van der Waals surface area contributed by atoms with E-state index >= 15 is 0 Å². The van der Waals surface area contributed by atoms with E-state index in [1.165, 1.54) is 0 Å². The molecule has 0 aromatic carbocycles. The number of fused-ring (bicyclic) bond motifs is 3. The van der Waals surface area contributed by atoms with Crippen LogP contribution in [0.1, 0.15) is 52.1 Å². The highest BCUT2D eigenvalue weighted by Crippen LogP contribution is 2.25. The van der Waals surface area contributed by atoms with Crippen LogP contribution in [0.3, 0.4) is 0 Å². The molecule has 0 aliphatic heterocycles. The first kappa shape index (κ1) is 13.0. The molecule has 0 radical (unpaired) electrons. The summed E-state index contributed by atoms with van der Waals surface area (Å²) < 4.78 is 2.13. The first-order chi connectivity index (χ1) is 9.38. The van der Waals surface area contributed by atoms with Crippen LogP contribution in [0, 0.1) is 0 Å². The molecule has 0 N–H and O–H groups in total. The topological polar surface area (TPSA) is 43.1 Å². The van der Waals surface area contributed by atoms with Crippen molar-refractivity contribution in [2.75, 3.05) is 0 Å². The first-order valence-corrected chi connectivity index (χ1v) is 7.02. The van der Waals surface area contributed by atoms with Crippen molar-refractivity contribution in [2.24, 2.45) is 0 Å². The molecule has 0 saturated heterocycles. The smallest absolute Gasteiger partial charge is 0.180 e. The van der Waals surface area contributed by atoms with Gasteiger partial charge in [0.15, 0.2) is 5.65 Å². The standard InChI is InChI=1S/C16H20N4/c1-10(2)13-11-7-6-8-20(11)12-9-17-15(16(3,4)5)19-14(12)18-13/h6-10H,1-5H3. The highest BCUT2D eigenvalue weighted by molar-refractivity contribution is 5.76. The largest absolute Gasteiger partial charge is 0.311 e. The molecule has 3 aromatic heterocycles. The lowest BCUT2D eigenvalue weighted by molar-refractivity contribution is 0.547. The lowest BCUT2D eigenvalue weighted by Gasteiger charge is -2.17. The molecule has 0 fully saturated rings. The van der Waals surface area contributed by atoms with E-state index in [0.29, 0.717) is 5.92 Å². The third-order valence-electron chi connectivity index (χ3n) is 3.46. The van der Waals surface area contributed by atoms with Crippen molar-refractivity contribution in [3.63, 3.8) is 0 Å². The lowest BCUT2D eigenvalue weighted by atomic mass is 9.96. The van der Waals surface area contributed by atoms with Gasteiger partial charge in [-0.3, -0.25) is 0 Å². The van der Waals surface area contributed by atoms with E-state index in [0.717, 1.165) is 28.2 Å². The van der Waals surface area contributed by atoms with Gasteiger partial charge in [-0.1, -0.05) is 34.6 Å². The molecule has 104 valence electrons. The Hall–Kier alpha value is -1.97.